The maximum Gasteiger partial charge on any atom is 0.407 e. The van der Waals surface area contributed by atoms with E-state index in [0.29, 0.717) is 12.0 Å². The van der Waals surface area contributed by atoms with Gasteiger partial charge < -0.3 is 20.5 Å². The summed E-state index contributed by atoms with van der Waals surface area (Å²) in [7, 11) is 0. The van der Waals surface area contributed by atoms with Gasteiger partial charge in [0.2, 0.25) is 0 Å². The fourth-order valence-electron chi connectivity index (χ4n) is 5.60. The van der Waals surface area contributed by atoms with E-state index in [0.717, 1.165) is 41.6 Å². The zero-order valence-corrected chi connectivity index (χ0v) is 26.2. The molecule has 0 spiro atoms. The minimum Gasteiger partial charge on any atom is -0.444 e. The molecule has 3 N–H and O–H groups in total. The lowest BCUT2D eigenvalue weighted by Gasteiger charge is -2.41. The summed E-state index contributed by atoms with van der Waals surface area (Å²) in [6, 6.07) is 10.8. The van der Waals surface area contributed by atoms with Gasteiger partial charge in [-0.3, -0.25) is 0 Å². The van der Waals surface area contributed by atoms with Crippen molar-refractivity contribution in [2.24, 2.45) is 0 Å². The molecule has 1 aromatic heterocycles. The van der Waals surface area contributed by atoms with Gasteiger partial charge in [0, 0.05) is 30.0 Å². The number of aliphatic hydroxyl groups excluding tert-OH is 1. The first-order valence-corrected chi connectivity index (χ1v) is 14.8. The molecule has 1 aliphatic rings. The number of aliphatic hydroxyl groups is 1. The largest absolute Gasteiger partial charge is 0.444 e. The Balaban J connectivity index is 1.64. The first-order chi connectivity index (χ1) is 20.0. The van der Waals surface area contributed by atoms with Gasteiger partial charge in [0.25, 0.3) is 0 Å². The number of aromatic nitrogens is 2. The number of alkyl carbamates (subject to hydrolysis) is 1. The molecule has 0 aliphatic heterocycles. The van der Waals surface area contributed by atoms with Crippen LogP contribution in [0.1, 0.15) is 81.7 Å². The Morgan fingerprint density at radius 3 is 2.44 bits per heavy atom. The quantitative estimate of drug-likeness (QED) is 0.304. The zero-order valence-electron chi connectivity index (χ0n) is 26.2. The van der Waals surface area contributed by atoms with Crippen LogP contribution in [0.5, 0.6) is 0 Å². The summed E-state index contributed by atoms with van der Waals surface area (Å²) in [5.74, 6) is -0.724. The molecule has 3 aromatic rings. The number of rotatable bonds is 8. The lowest BCUT2D eigenvalue weighted by atomic mass is 9.73. The van der Waals surface area contributed by atoms with Gasteiger partial charge in [-0.05, 0) is 93.2 Å². The highest BCUT2D eigenvalue weighted by molar-refractivity contribution is 5.68. The summed E-state index contributed by atoms with van der Waals surface area (Å²) in [4.78, 5) is 21.9. The van der Waals surface area contributed by atoms with Crippen molar-refractivity contribution >= 4 is 6.09 Å². The number of amides is 1. The van der Waals surface area contributed by atoms with Crippen molar-refractivity contribution in [2.75, 3.05) is 6.54 Å². The van der Waals surface area contributed by atoms with Gasteiger partial charge in [-0.1, -0.05) is 45.0 Å². The second kappa shape index (κ2) is 12.7. The number of nitrogens with zero attached hydrogens (tertiary/aromatic N) is 2. The van der Waals surface area contributed by atoms with Crippen LogP contribution in [0.25, 0.3) is 0 Å². The van der Waals surface area contributed by atoms with Crippen LogP contribution in [0.2, 0.25) is 0 Å². The molecule has 0 radical (unpaired) electrons. The number of carbonyl (C=O) groups excluding carboxylic acids is 1. The summed E-state index contributed by atoms with van der Waals surface area (Å²) in [6.45, 7) is 13.7. The van der Waals surface area contributed by atoms with E-state index in [9.17, 15) is 18.7 Å². The number of carbonyl (C=O) groups is 1. The Kier molecular flexibility index (Phi) is 9.57. The molecule has 43 heavy (non-hydrogen) atoms. The first-order valence-electron chi connectivity index (χ1n) is 14.8. The van der Waals surface area contributed by atoms with Crippen molar-refractivity contribution in [3.8, 4) is 0 Å². The van der Waals surface area contributed by atoms with Crippen molar-refractivity contribution in [3.63, 3.8) is 0 Å². The van der Waals surface area contributed by atoms with Crippen LogP contribution in [0, 0.1) is 18.6 Å². The molecule has 7 nitrogen and oxygen atoms in total. The molecule has 2 aromatic carbocycles. The van der Waals surface area contributed by atoms with Gasteiger partial charge in [0.05, 0.1) is 12.1 Å². The van der Waals surface area contributed by atoms with Crippen molar-refractivity contribution < 1.29 is 23.4 Å². The number of fused-ring (bicyclic) bond motifs is 1. The number of nitrogens with one attached hydrogen (secondary N) is 2. The Bertz CT molecular complexity index is 1430. The molecule has 4 rings (SSSR count). The highest BCUT2D eigenvalue weighted by Gasteiger charge is 2.38. The molecule has 0 fully saturated rings. The monoisotopic (exact) mass is 594 g/mol. The smallest absolute Gasteiger partial charge is 0.407 e. The molecule has 0 saturated heterocycles. The average molecular weight is 595 g/mol. The van der Waals surface area contributed by atoms with Crippen LogP contribution >= 0.6 is 0 Å². The van der Waals surface area contributed by atoms with Crippen molar-refractivity contribution in [3.05, 3.63) is 94.1 Å². The summed E-state index contributed by atoms with van der Waals surface area (Å²) in [5, 5.41) is 17.9. The van der Waals surface area contributed by atoms with Gasteiger partial charge in [-0.15, -0.1) is 0 Å². The predicted molar refractivity (Wildman–Crippen MR) is 163 cm³/mol. The zero-order chi connectivity index (χ0) is 31.6. The summed E-state index contributed by atoms with van der Waals surface area (Å²) < 4.78 is 33.5. The number of ether oxygens (including phenoxy) is 1. The van der Waals surface area contributed by atoms with E-state index in [2.05, 4.69) is 65.6 Å². The highest BCUT2D eigenvalue weighted by atomic mass is 19.1. The SMILES string of the molecule is Cc1ncc2c(n1)CCC(NCC(O)C(Cc1cc(F)cc(F)c1)NC(=O)OC(C)(C)C)(c1cccc(C(C)(C)C)c1)C2. The number of hydrogen-bond donors (Lipinski definition) is 3. The van der Waals surface area contributed by atoms with Crippen molar-refractivity contribution in [1.82, 2.24) is 20.6 Å². The van der Waals surface area contributed by atoms with Gasteiger partial charge in [0.1, 0.15) is 23.1 Å². The average Bonchev–Trinajstić information content (AvgIpc) is 2.89. The molecule has 3 unspecified atom stereocenters. The van der Waals surface area contributed by atoms with E-state index in [4.69, 9.17) is 4.74 Å². The van der Waals surface area contributed by atoms with Gasteiger partial charge in [0.15, 0.2) is 0 Å². The third-order valence-corrected chi connectivity index (χ3v) is 7.83. The van der Waals surface area contributed by atoms with Crippen LogP contribution < -0.4 is 10.6 Å². The van der Waals surface area contributed by atoms with Crippen LogP contribution in [0.15, 0.2) is 48.7 Å². The molecular formula is C34H44F2N4O3. The fourth-order valence-corrected chi connectivity index (χ4v) is 5.60. The first kappa shape index (κ1) is 32.5. The molecule has 1 aliphatic carbocycles. The molecule has 0 saturated carbocycles. The third kappa shape index (κ3) is 8.57. The Morgan fingerprint density at radius 2 is 1.79 bits per heavy atom. The number of aryl methyl sites for hydroxylation is 2. The van der Waals surface area contributed by atoms with Crippen molar-refractivity contribution in [1.29, 1.82) is 0 Å². The van der Waals surface area contributed by atoms with Gasteiger partial charge in [-0.25, -0.2) is 23.5 Å². The van der Waals surface area contributed by atoms with Crippen LogP contribution in [0.3, 0.4) is 0 Å². The molecule has 3 atom stereocenters. The Morgan fingerprint density at radius 1 is 1.09 bits per heavy atom. The fraction of sp³-hybridized carbons (Fsp3) is 0.500. The van der Waals surface area contributed by atoms with E-state index < -0.39 is 41.0 Å². The highest BCUT2D eigenvalue weighted by Crippen LogP contribution is 2.37. The lowest BCUT2D eigenvalue weighted by molar-refractivity contribution is 0.0411. The minimum atomic E-state index is -1.11. The van der Waals surface area contributed by atoms with Gasteiger partial charge in [-0.2, -0.15) is 0 Å². The third-order valence-electron chi connectivity index (χ3n) is 7.83. The Hall–Kier alpha value is -3.43. The summed E-state index contributed by atoms with van der Waals surface area (Å²) in [6.07, 6.45) is 2.11. The van der Waals surface area contributed by atoms with Gasteiger partial charge >= 0.3 is 6.09 Å². The molecule has 232 valence electrons. The predicted octanol–water partition coefficient (Wildman–Crippen LogP) is 5.83. The Labute approximate surface area is 253 Å². The van der Waals surface area contributed by atoms with E-state index in [1.807, 2.05) is 13.1 Å². The molecule has 1 heterocycles. The van der Waals surface area contributed by atoms with E-state index in [1.165, 1.54) is 17.7 Å². The topological polar surface area (TPSA) is 96.4 Å². The minimum absolute atomic E-state index is 0.000765. The van der Waals surface area contributed by atoms with E-state index >= 15 is 0 Å². The number of halogens is 2. The molecule has 0 bridgehead atoms. The number of hydrogen-bond acceptors (Lipinski definition) is 6. The maximum atomic E-state index is 14.0. The molecular weight excluding hydrogens is 550 g/mol. The normalized spacial score (nSPS) is 18.5. The van der Waals surface area contributed by atoms with E-state index in [1.54, 1.807) is 20.8 Å². The molecule has 1 amide bonds. The van der Waals surface area contributed by atoms with Crippen LogP contribution in [-0.2, 0) is 35.0 Å². The standard InChI is InChI=1S/C34H44F2N4O3/c1-21-37-19-23-18-34(12-11-28(23)39-21,25-10-8-9-24(16-25)32(2,3)4)38-20-30(41)29(40-31(42)43-33(5,6)7)15-22-13-26(35)17-27(36)14-22/h8-10,13-14,16-17,19,29-30,38,41H,11-12,15,18,20H2,1-7H3,(H,40,42). The lowest BCUT2D eigenvalue weighted by Crippen LogP contribution is -2.55. The summed E-state index contributed by atoms with van der Waals surface area (Å²) in [5.41, 5.74) is 3.28. The van der Waals surface area contributed by atoms with Crippen LogP contribution in [0.4, 0.5) is 13.6 Å². The summed E-state index contributed by atoms with van der Waals surface area (Å²) >= 11 is 0. The second-order valence-electron chi connectivity index (χ2n) is 13.7. The van der Waals surface area contributed by atoms with E-state index in [-0.39, 0.29) is 18.4 Å². The molecule has 9 heteroatoms. The second-order valence-corrected chi connectivity index (χ2v) is 13.7. The van der Waals surface area contributed by atoms with Crippen molar-refractivity contribution in [2.45, 2.75) is 103 Å². The van der Waals surface area contributed by atoms with Crippen LogP contribution in [-0.4, -0.2) is 45.5 Å². The number of benzene rings is 2. The maximum absolute atomic E-state index is 14.0.